The molecule has 0 radical (unpaired) electrons. The van der Waals surface area contributed by atoms with Gasteiger partial charge in [0.05, 0.1) is 11.0 Å². The van der Waals surface area contributed by atoms with E-state index in [-0.39, 0.29) is 28.5 Å². The fourth-order valence-corrected chi connectivity index (χ4v) is 14.0. The van der Waals surface area contributed by atoms with Crippen LogP contribution < -0.4 is 15.7 Å². The van der Waals surface area contributed by atoms with Crippen LogP contribution in [0.25, 0.3) is 81.0 Å². The van der Waals surface area contributed by atoms with Gasteiger partial charge >= 0.3 is 6.85 Å². The van der Waals surface area contributed by atoms with Gasteiger partial charge in [0.25, 0.3) is 0 Å². The van der Waals surface area contributed by atoms with E-state index in [9.17, 15) is 0 Å². The van der Waals surface area contributed by atoms with Gasteiger partial charge in [0, 0.05) is 64.4 Å². The molecule has 2 nitrogen and oxygen atoms in total. The van der Waals surface area contributed by atoms with Gasteiger partial charge in [-0.1, -0.05) is 160 Å². The van der Waals surface area contributed by atoms with E-state index in [4.69, 9.17) is 0 Å². The van der Waals surface area contributed by atoms with Crippen LogP contribution in [-0.2, 0) is 21.7 Å². The van der Waals surface area contributed by atoms with Gasteiger partial charge < -0.3 is 9.38 Å². The summed E-state index contributed by atoms with van der Waals surface area (Å²) in [5.74, 6) is 0. The predicted molar refractivity (Wildman–Crippen MR) is 285 cm³/mol. The maximum atomic E-state index is 2.74. The first-order chi connectivity index (χ1) is 31.5. The third-order valence-electron chi connectivity index (χ3n) is 16.5. The molecular weight excluding hydrogens is 816 g/mol. The van der Waals surface area contributed by atoms with Crippen molar-refractivity contribution >= 4 is 82.5 Å². The van der Waals surface area contributed by atoms with Crippen LogP contribution in [0.3, 0.4) is 0 Å². The summed E-state index contributed by atoms with van der Waals surface area (Å²) in [7, 11) is 0. The number of benzene rings is 8. The van der Waals surface area contributed by atoms with Crippen molar-refractivity contribution < 1.29 is 0 Å². The zero-order valence-electron chi connectivity index (χ0n) is 39.7. The molecule has 4 aliphatic rings. The second-order valence-corrected chi connectivity index (χ2v) is 24.1. The van der Waals surface area contributed by atoms with E-state index in [1.165, 1.54) is 137 Å². The number of hydrogen-bond donors (Lipinski definition) is 0. The highest BCUT2D eigenvalue weighted by Gasteiger charge is 2.47. The zero-order chi connectivity index (χ0) is 45.1. The number of hydrogen-bond acceptors (Lipinski definition) is 2. The van der Waals surface area contributed by atoms with E-state index >= 15 is 0 Å². The molecule has 0 N–H and O–H groups in total. The first kappa shape index (κ1) is 38.9. The number of aromatic nitrogens is 1. The van der Waals surface area contributed by atoms with Gasteiger partial charge in [0.2, 0.25) is 0 Å². The molecule has 14 rings (SSSR count). The first-order valence-electron chi connectivity index (χ1n) is 24.0. The molecule has 0 amide bonds. The fourth-order valence-electron chi connectivity index (χ4n) is 12.9. The highest BCUT2D eigenvalue weighted by Crippen LogP contribution is 2.56. The maximum absolute atomic E-state index is 2.74. The Balaban J connectivity index is 1.14. The molecule has 0 bridgehead atoms. The number of nitrogens with zero attached hydrogens (tertiary/aromatic N) is 2. The Hall–Kier alpha value is -6.36. The average molecular weight is 869 g/mol. The van der Waals surface area contributed by atoms with E-state index < -0.39 is 0 Å². The number of fused-ring (bicyclic) bond motifs is 17. The normalized spacial score (nSPS) is 15.9. The van der Waals surface area contributed by atoms with Crippen LogP contribution in [-0.4, -0.2) is 11.4 Å². The van der Waals surface area contributed by atoms with Crippen molar-refractivity contribution in [2.75, 3.05) is 4.81 Å². The topological polar surface area (TPSA) is 8.17 Å². The summed E-state index contributed by atoms with van der Waals surface area (Å²) in [6.07, 6.45) is 0. The average Bonchev–Trinajstić information content (AvgIpc) is 3.96. The van der Waals surface area contributed by atoms with Crippen LogP contribution in [0.1, 0.15) is 103 Å². The number of rotatable bonds is 1. The van der Waals surface area contributed by atoms with E-state index in [2.05, 4.69) is 218 Å². The number of thiophene rings is 1. The van der Waals surface area contributed by atoms with E-state index in [1.807, 2.05) is 11.3 Å². The largest absolute Gasteiger partial charge is 0.376 e. The van der Waals surface area contributed by atoms with Crippen LogP contribution in [0.2, 0.25) is 0 Å². The molecule has 320 valence electrons. The van der Waals surface area contributed by atoms with Gasteiger partial charge in [-0.05, 0) is 131 Å². The minimum Gasteiger partial charge on any atom is -0.376 e. The maximum Gasteiger partial charge on any atom is 0.333 e. The molecule has 0 fully saturated rings. The van der Waals surface area contributed by atoms with Crippen LogP contribution in [0.4, 0.5) is 11.4 Å². The van der Waals surface area contributed by atoms with Crippen molar-refractivity contribution in [2.45, 2.75) is 90.9 Å². The van der Waals surface area contributed by atoms with Gasteiger partial charge in [-0.15, -0.1) is 11.3 Å². The van der Waals surface area contributed by atoms with Crippen molar-refractivity contribution in [3.8, 4) is 39.1 Å². The Morgan fingerprint density at radius 3 is 1.89 bits per heavy atom. The quantitative estimate of drug-likeness (QED) is 0.149. The van der Waals surface area contributed by atoms with Crippen molar-refractivity contribution in [1.29, 1.82) is 0 Å². The summed E-state index contributed by atoms with van der Waals surface area (Å²) < 4.78 is 5.35. The number of anilines is 2. The molecule has 2 aliphatic carbocycles. The first-order valence-corrected chi connectivity index (χ1v) is 24.8. The van der Waals surface area contributed by atoms with Gasteiger partial charge in [-0.2, -0.15) is 0 Å². The monoisotopic (exact) mass is 868 g/mol. The molecule has 4 heterocycles. The lowest BCUT2D eigenvalue weighted by molar-refractivity contribution is 0.589. The Bertz CT molecular complexity index is 3840. The van der Waals surface area contributed by atoms with E-state index in [0.717, 1.165) is 0 Å². The molecule has 0 atom stereocenters. The van der Waals surface area contributed by atoms with E-state index in [1.54, 1.807) is 0 Å². The second kappa shape index (κ2) is 12.3. The lowest BCUT2D eigenvalue weighted by Crippen LogP contribution is -2.60. The van der Waals surface area contributed by atoms with Gasteiger partial charge in [-0.3, -0.25) is 0 Å². The highest BCUT2D eigenvalue weighted by molar-refractivity contribution is 7.26. The van der Waals surface area contributed by atoms with Crippen LogP contribution in [0, 0.1) is 0 Å². The van der Waals surface area contributed by atoms with Crippen molar-refractivity contribution in [3.63, 3.8) is 0 Å². The third kappa shape index (κ3) is 4.83. The van der Waals surface area contributed by atoms with Crippen molar-refractivity contribution in [3.05, 3.63) is 173 Å². The second-order valence-electron chi connectivity index (χ2n) is 23.0. The predicted octanol–water partition coefficient (Wildman–Crippen LogP) is 15.6. The summed E-state index contributed by atoms with van der Waals surface area (Å²) >= 11 is 1.92. The molecule has 0 saturated carbocycles. The van der Waals surface area contributed by atoms with Crippen molar-refractivity contribution in [2.24, 2.45) is 0 Å². The third-order valence-corrected chi connectivity index (χ3v) is 17.6. The van der Waals surface area contributed by atoms with Gasteiger partial charge in [0.15, 0.2) is 0 Å². The van der Waals surface area contributed by atoms with Crippen LogP contribution in [0.15, 0.2) is 140 Å². The SMILES string of the molecule is CC(C)(C)c1ccc(N2B3c4cc5c(cc4-n4c6cc7c(cc6c6ccc(c3c64)-c3cc4c(cc32)-c2cc(C(C)(C)C)ccc2C4(C)C)C(C)(C)c2ccccc2-7)sc2ccccc25)cc1. The van der Waals surface area contributed by atoms with Gasteiger partial charge in [-0.25, -0.2) is 0 Å². The van der Waals surface area contributed by atoms with Crippen LogP contribution in [0.5, 0.6) is 0 Å². The minimum atomic E-state index is -0.149. The fraction of sp³-hybridized carbons (Fsp3) is 0.226. The molecule has 2 aromatic heterocycles. The summed E-state index contributed by atoms with van der Waals surface area (Å²) in [5.41, 5.74) is 25.5. The lowest BCUT2D eigenvalue weighted by atomic mass is 9.44. The summed E-state index contributed by atoms with van der Waals surface area (Å²) in [5, 5.41) is 5.35. The molecule has 8 aromatic carbocycles. The highest BCUT2D eigenvalue weighted by atomic mass is 32.1. The molecule has 0 unspecified atom stereocenters. The standard InChI is InChI=1S/C62H53BN2S/c1-59(2,3)34-19-22-36(23-20-34)65-53-32-43-41-27-35(60(4,5)6)21-26-48(41)62(9,10)50(43)28-44(53)39-24-25-40-45-29-49-42(37-15-11-13-17-47(37)61(49,7)8)31-52(45)64-54-33-56-46(38-16-12-14-18-55(38)66-56)30-51(54)63(65)57(39)58(40)64/h11-33H,1-10H3. The smallest absolute Gasteiger partial charge is 0.333 e. The van der Waals surface area contributed by atoms with Crippen LogP contribution >= 0.6 is 11.3 Å². The molecule has 10 aromatic rings. The summed E-state index contributed by atoms with van der Waals surface area (Å²) in [4.78, 5) is 2.74. The zero-order valence-corrected chi connectivity index (χ0v) is 40.5. The minimum absolute atomic E-state index is 0.0390. The van der Waals surface area contributed by atoms with Crippen molar-refractivity contribution in [1.82, 2.24) is 4.57 Å². The van der Waals surface area contributed by atoms with Gasteiger partial charge in [0.1, 0.15) is 0 Å². The summed E-state index contributed by atoms with van der Waals surface area (Å²) in [6.45, 7) is 23.6. The molecule has 66 heavy (non-hydrogen) atoms. The lowest BCUT2D eigenvalue weighted by Gasteiger charge is -2.42. The molecular formula is C62H53BN2S. The molecule has 0 saturated heterocycles. The Labute approximate surface area is 392 Å². The Kier molecular flexibility index (Phi) is 7.27. The Morgan fingerprint density at radius 2 is 1.12 bits per heavy atom. The molecule has 0 spiro atoms. The molecule has 2 aliphatic heterocycles. The summed E-state index contributed by atoms with van der Waals surface area (Å²) in [6, 6.07) is 55.3. The Morgan fingerprint density at radius 1 is 0.455 bits per heavy atom. The molecule has 4 heteroatoms. The van der Waals surface area contributed by atoms with E-state index in [0.29, 0.717) is 0 Å².